The van der Waals surface area contributed by atoms with Crippen molar-refractivity contribution < 1.29 is 64.6 Å². The van der Waals surface area contributed by atoms with Crippen LogP contribution in [0, 0.1) is 0 Å². The molecule has 12 atom stereocenters. The van der Waals surface area contributed by atoms with Gasteiger partial charge in [0.05, 0.1) is 32.0 Å². The number of rotatable bonds is 43. The first-order valence-electron chi connectivity index (χ1n) is 27.4. The van der Waals surface area contributed by atoms with E-state index < -0.39 is 86.8 Å². The summed E-state index contributed by atoms with van der Waals surface area (Å²) in [5.41, 5.74) is 0. The molecule has 0 aliphatic carbocycles. The molecule has 2 aliphatic rings. The summed E-state index contributed by atoms with van der Waals surface area (Å²) < 4.78 is 22.5. The van der Waals surface area contributed by atoms with Gasteiger partial charge >= 0.3 is 0 Å². The van der Waals surface area contributed by atoms with Crippen molar-refractivity contribution in [2.24, 2.45) is 0 Å². The highest BCUT2D eigenvalue weighted by atomic mass is 16.7. The van der Waals surface area contributed by atoms with Gasteiger partial charge in [-0.2, -0.15) is 0 Å². The van der Waals surface area contributed by atoms with Crippen molar-refractivity contribution in [2.75, 3.05) is 19.8 Å². The molecular formula is C53H101NO13. The maximum Gasteiger partial charge on any atom is 0.220 e. The number of aliphatic hydroxyl groups excluding tert-OH is 8. The summed E-state index contributed by atoms with van der Waals surface area (Å²) in [4.78, 5) is 12.8. The number of carbonyl (C=O) groups is 1. The van der Waals surface area contributed by atoms with E-state index in [4.69, 9.17) is 18.9 Å². The molecule has 12 unspecified atom stereocenters. The Bertz CT molecular complexity index is 1180. The normalized spacial score (nSPS) is 26.6. The Morgan fingerprint density at radius 1 is 0.522 bits per heavy atom. The van der Waals surface area contributed by atoms with Crippen LogP contribution in [0.15, 0.2) is 12.2 Å². The second kappa shape index (κ2) is 40.3. The van der Waals surface area contributed by atoms with Crippen molar-refractivity contribution in [3.63, 3.8) is 0 Å². The van der Waals surface area contributed by atoms with Crippen molar-refractivity contribution in [1.82, 2.24) is 5.32 Å². The minimum absolute atomic E-state index is 0.262. The quantitative estimate of drug-likeness (QED) is 0.0209. The van der Waals surface area contributed by atoms with E-state index in [1.807, 2.05) is 13.0 Å². The minimum Gasteiger partial charge on any atom is -0.394 e. The number of ether oxygens (including phenoxy) is 4. The number of amides is 1. The van der Waals surface area contributed by atoms with Crippen molar-refractivity contribution in [3.05, 3.63) is 12.2 Å². The number of unbranched alkanes of at least 4 members (excludes halogenated alkanes) is 30. The molecule has 2 rings (SSSR count). The number of allylic oxidation sites excluding steroid dienone is 1. The molecule has 2 saturated heterocycles. The van der Waals surface area contributed by atoms with E-state index in [0.717, 1.165) is 32.1 Å². The van der Waals surface area contributed by atoms with Gasteiger partial charge in [-0.25, -0.2) is 0 Å². The van der Waals surface area contributed by atoms with Crippen LogP contribution in [-0.4, -0.2) is 140 Å². The lowest BCUT2D eigenvalue weighted by molar-refractivity contribution is -0.359. The van der Waals surface area contributed by atoms with Crippen LogP contribution >= 0.6 is 0 Å². The summed E-state index contributed by atoms with van der Waals surface area (Å²) in [6, 6.07) is -0.905. The number of carbonyl (C=O) groups excluding carboxylic acids is 1. The summed E-state index contributed by atoms with van der Waals surface area (Å²) in [7, 11) is 0. The Balaban J connectivity index is 1.57. The number of hydrogen-bond acceptors (Lipinski definition) is 13. The Morgan fingerprint density at radius 2 is 0.925 bits per heavy atom. The van der Waals surface area contributed by atoms with Gasteiger partial charge < -0.3 is 65.1 Å². The average molecular weight is 960 g/mol. The minimum atomic E-state index is -1.78. The third kappa shape index (κ3) is 27.2. The van der Waals surface area contributed by atoms with Crippen molar-refractivity contribution in [3.8, 4) is 0 Å². The molecule has 2 heterocycles. The molecule has 396 valence electrons. The zero-order chi connectivity index (χ0) is 48.9. The second-order valence-electron chi connectivity index (χ2n) is 19.7. The van der Waals surface area contributed by atoms with Gasteiger partial charge in [0, 0.05) is 6.42 Å². The molecule has 2 aliphatic heterocycles. The van der Waals surface area contributed by atoms with Crippen molar-refractivity contribution in [1.29, 1.82) is 0 Å². The summed E-state index contributed by atoms with van der Waals surface area (Å²) in [5, 5.41) is 86.1. The van der Waals surface area contributed by atoms with E-state index >= 15 is 0 Å². The summed E-state index contributed by atoms with van der Waals surface area (Å²) >= 11 is 0. The fourth-order valence-corrected chi connectivity index (χ4v) is 9.23. The van der Waals surface area contributed by atoms with Crippen LogP contribution in [0.3, 0.4) is 0 Å². The molecule has 14 nitrogen and oxygen atoms in total. The van der Waals surface area contributed by atoms with Gasteiger partial charge in [0.1, 0.15) is 48.8 Å². The maximum absolute atomic E-state index is 12.8. The molecule has 9 N–H and O–H groups in total. The smallest absolute Gasteiger partial charge is 0.220 e. The highest BCUT2D eigenvalue weighted by molar-refractivity contribution is 5.76. The molecule has 0 bridgehead atoms. The first-order valence-corrected chi connectivity index (χ1v) is 27.4. The van der Waals surface area contributed by atoms with Gasteiger partial charge in [-0.3, -0.25) is 4.79 Å². The zero-order valence-electron chi connectivity index (χ0n) is 42.2. The third-order valence-electron chi connectivity index (χ3n) is 13.7. The van der Waals surface area contributed by atoms with Gasteiger partial charge in [0.25, 0.3) is 0 Å². The van der Waals surface area contributed by atoms with Crippen LogP contribution < -0.4 is 5.32 Å². The van der Waals surface area contributed by atoms with Gasteiger partial charge in [-0.05, 0) is 19.3 Å². The molecule has 0 aromatic carbocycles. The molecule has 0 saturated carbocycles. The summed E-state index contributed by atoms with van der Waals surface area (Å²) in [6.45, 7) is 2.61. The van der Waals surface area contributed by atoms with E-state index in [0.29, 0.717) is 6.42 Å². The number of aliphatic hydroxyl groups is 8. The lowest BCUT2D eigenvalue weighted by Crippen LogP contribution is -2.65. The SMILES string of the molecule is CCCCCCCCCCCCCCCCCCCCCCCCCCCCCC/C=C/C(O)C(COC1OC(CO)C(OC2OC(CO)C(O)C(O)C2O)C(O)C1O)NC(=O)CCCCC. The highest BCUT2D eigenvalue weighted by Crippen LogP contribution is 2.30. The third-order valence-corrected chi connectivity index (χ3v) is 13.7. The molecule has 67 heavy (non-hydrogen) atoms. The molecule has 14 heteroatoms. The fourth-order valence-electron chi connectivity index (χ4n) is 9.23. The summed E-state index contributed by atoms with van der Waals surface area (Å²) in [6.07, 6.45) is 28.2. The topological polar surface area (TPSA) is 228 Å². The first-order chi connectivity index (χ1) is 32.6. The molecule has 0 aromatic rings. The van der Waals surface area contributed by atoms with E-state index in [1.165, 1.54) is 167 Å². The van der Waals surface area contributed by atoms with Crippen LogP contribution in [0.4, 0.5) is 0 Å². The molecular weight excluding hydrogens is 859 g/mol. The summed E-state index contributed by atoms with van der Waals surface area (Å²) in [5.74, 6) is -0.262. The van der Waals surface area contributed by atoms with Crippen LogP contribution in [0.5, 0.6) is 0 Å². The Hall–Kier alpha value is -1.27. The lowest BCUT2D eigenvalue weighted by atomic mass is 9.97. The zero-order valence-corrected chi connectivity index (χ0v) is 42.2. The molecule has 2 fully saturated rings. The van der Waals surface area contributed by atoms with Gasteiger partial charge in [-0.15, -0.1) is 0 Å². The standard InChI is InChI=1S/C53H101NO13/c1-3-5-7-8-9-10-11-12-13-14-15-16-17-18-19-20-21-22-23-24-25-26-27-28-29-30-31-32-33-35-36-42(57)41(54-45(58)37-34-6-4-2)40-64-52-50(63)48(61)51(44(39-56)66-52)67-53-49(62)47(60)46(59)43(38-55)65-53/h35-36,41-44,46-53,55-57,59-63H,3-34,37-40H2,1-2H3,(H,54,58)/b36-35+. The van der Waals surface area contributed by atoms with Crippen LogP contribution in [-0.2, 0) is 23.7 Å². The largest absolute Gasteiger partial charge is 0.394 e. The molecule has 0 radical (unpaired) electrons. The second-order valence-corrected chi connectivity index (χ2v) is 19.7. The van der Waals surface area contributed by atoms with E-state index in [-0.39, 0.29) is 18.9 Å². The molecule has 1 amide bonds. The van der Waals surface area contributed by atoms with Crippen LogP contribution in [0.25, 0.3) is 0 Å². The first kappa shape index (κ1) is 61.8. The van der Waals surface area contributed by atoms with Crippen molar-refractivity contribution >= 4 is 5.91 Å². The number of nitrogens with one attached hydrogen (secondary N) is 1. The van der Waals surface area contributed by atoms with E-state index in [1.54, 1.807) is 6.08 Å². The Morgan fingerprint density at radius 3 is 1.37 bits per heavy atom. The van der Waals surface area contributed by atoms with Gasteiger partial charge in [0.15, 0.2) is 12.6 Å². The monoisotopic (exact) mass is 960 g/mol. The van der Waals surface area contributed by atoms with E-state index in [2.05, 4.69) is 12.2 Å². The van der Waals surface area contributed by atoms with Crippen molar-refractivity contribution in [2.45, 2.75) is 299 Å². The maximum atomic E-state index is 12.8. The van der Waals surface area contributed by atoms with Crippen LogP contribution in [0.2, 0.25) is 0 Å². The molecule has 0 aromatic heterocycles. The Labute approximate surface area is 406 Å². The predicted molar refractivity (Wildman–Crippen MR) is 263 cm³/mol. The lowest BCUT2D eigenvalue weighted by Gasteiger charge is -2.46. The Kier molecular flexibility index (Phi) is 37.2. The highest BCUT2D eigenvalue weighted by Gasteiger charge is 2.51. The molecule has 0 spiro atoms. The van der Waals surface area contributed by atoms with Gasteiger partial charge in [-0.1, -0.05) is 212 Å². The fraction of sp³-hybridized carbons (Fsp3) is 0.943. The van der Waals surface area contributed by atoms with Crippen LogP contribution in [0.1, 0.15) is 226 Å². The van der Waals surface area contributed by atoms with Gasteiger partial charge in [0.2, 0.25) is 5.91 Å². The number of hydrogen-bond donors (Lipinski definition) is 9. The van der Waals surface area contributed by atoms with E-state index in [9.17, 15) is 45.6 Å². The average Bonchev–Trinajstić information content (AvgIpc) is 3.32. The predicted octanol–water partition coefficient (Wildman–Crippen LogP) is 7.94.